The molecule has 0 amide bonds. The molecule has 1 atom stereocenters. The van der Waals surface area contributed by atoms with Crippen molar-refractivity contribution in [3.63, 3.8) is 0 Å². The minimum atomic E-state index is -0.796. The summed E-state index contributed by atoms with van der Waals surface area (Å²) in [6.07, 6.45) is 1.62. The minimum absolute atomic E-state index is 0.150. The lowest BCUT2D eigenvalue weighted by atomic mass is 9.96. The predicted molar refractivity (Wildman–Crippen MR) is 164 cm³/mol. The van der Waals surface area contributed by atoms with Gasteiger partial charge in [0.2, 0.25) is 5.75 Å². The van der Waals surface area contributed by atoms with Gasteiger partial charge in [0.25, 0.3) is 11.2 Å². The van der Waals surface area contributed by atoms with Crippen molar-refractivity contribution >= 4 is 34.8 Å². The molecular formula is C31H26N4O9S. The van der Waals surface area contributed by atoms with Gasteiger partial charge in [-0.2, -0.15) is 0 Å². The molecule has 230 valence electrons. The fourth-order valence-electron chi connectivity index (χ4n) is 4.81. The summed E-state index contributed by atoms with van der Waals surface area (Å²) in [4.78, 5) is 53.1. The first kappa shape index (κ1) is 30.8. The molecule has 0 spiro atoms. The molecule has 1 aliphatic heterocycles. The molecule has 0 radical (unpaired) electrons. The molecule has 2 heterocycles. The van der Waals surface area contributed by atoms with Gasteiger partial charge in [0.05, 0.1) is 51.0 Å². The third-order valence-corrected chi connectivity index (χ3v) is 7.74. The zero-order valence-corrected chi connectivity index (χ0v) is 25.1. The van der Waals surface area contributed by atoms with Crippen molar-refractivity contribution in [1.29, 1.82) is 0 Å². The number of rotatable bonds is 10. The van der Waals surface area contributed by atoms with Crippen LogP contribution in [-0.4, -0.2) is 33.6 Å². The van der Waals surface area contributed by atoms with Gasteiger partial charge in [-0.1, -0.05) is 35.6 Å². The maximum absolute atomic E-state index is 13.9. The fraction of sp³-hybridized carbons (Fsp3) is 0.194. The lowest BCUT2D eigenvalue weighted by Gasteiger charge is -2.24. The van der Waals surface area contributed by atoms with E-state index in [0.29, 0.717) is 38.5 Å². The Labute approximate surface area is 259 Å². The smallest absolute Gasteiger partial charge is 0.338 e. The van der Waals surface area contributed by atoms with Crippen LogP contribution in [-0.2, 0) is 9.53 Å². The quantitative estimate of drug-likeness (QED) is 0.136. The van der Waals surface area contributed by atoms with Crippen molar-refractivity contribution in [2.75, 3.05) is 13.2 Å². The topological polar surface area (TPSA) is 165 Å². The molecular weight excluding hydrogens is 604 g/mol. The molecule has 45 heavy (non-hydrogen) atoms. The summed E-state index contributed by atoms with van der Waals surface area (Å²) in [6.45, 7) is 5.91. The van der Waals surface area contributed by atoms with Gasteiger partial charge in [-0.15, -0.1) is 0 Å². The number of ether oxygens (including phenoxy) is 3. The van der Waals surface area contributed by atoms with Gasteiger partial charge in [0.15, 0.2) is 4.80 Å². The van der Waals surface area contributed by atoms with Gasteiger partial charge in [0.1, 0.15) is 11.5 Å². The molecule has 14 heteroatoms. The summed E-state index contributed by atoms with van der Waals surface area (Å²) in [5, 5.41) is 22.6. The van der Waals surface area contributed by atoms with Crippen LogP contribution in [0, 0.1) is 20.2 Å². The monoisotopic (exact) mass is 630 g/mol. The van der Waals surface area contributed by atoms with Crippen LogP contribution in [0.25, 0.3) is 6.08 Å². The van der Waals surface area contributed by atoms with E-state index < -0.39 is 33.2 Å². The highest BCUT2D eigenvalue weighted by Crippen LogP contribution is 2.35. The molecule has 5 rings (SSSR count). The SMILES string of the molecule is CCOC(=O)C1=C(C)N=c2s/c(=C\c3cccc(Oc4ccc([N+](=O)[O-])cc4[N+](=O)[O-])c3)c(=O)n2[C@H]1c1ccc(OCC)cc1. The Morgan fingerprint density at radius 2 is 1.76 bits per heavy atom. The van der Waals surface area contributed by atoms with E-state index in [1.807, 2.05) is 6.92 Å². The summed E-state index contributed by atoms with van der Waals surface area (Å²) < 4.78 is 18.4. The number of non-ortho nitro benzene ring substituents is 1. The molecule has 0 fully saturated rings. The van der Waals surface area contributed by atoms with Crippen molar-refractivity contribution in [3.8, 4) is 17.2 Å². The first-order chi connectivity index (χ1) is 21.6. The van der Waals surface area contributed by atoms with Gasteiger partial charge in [-0.05, 0) is 68.3 Å². The van der Waals surface area contributed by atoms with Gasteiger partial charge >= 0.3 is 11.7 Å². The molecule has 0 unspecified atom stereocenters. The number of esters is 1. The number of aromatic nitrogens is 1. The third kappa shape index (κ3) is 6.35. The van der Waals surface area contributed by atoms with E-state index in [9.17, 15) is 29.8 Å². The summed E-state index contributed by atoms with van der Waals surface area (Å²) in [6, 6.07) is 15.9. The second-order valence-corrected chi connectivity index (χ2v) is 10.7. The number of thiazole rings is 1. The average molecular weight is 631 g/mol. The molecule has 4 aromatic rings. The van der Waals surface area contributed by atoms with Crippen LogP contribution in [0.2, 0.25) is 0 Å². The number of nitro groups is 2. The summed E-state index contributed by atoms with van der Waals surface area (Å²) >= 11 is 1.14. The third-order valence-electron chi connectivity index (χ3n) is 6.76. The summed E-state index contributed by atoms with van der Waals surface area (Å²) in [7, 11) is 0. The summed E-state index contributed by atoms with van der Waals surface area (Å²) in [5.74, 6) is 0.103. The highest BCUT2D eigenvalue weighted by molar-refractivity contribution is 7.07. The molecule has 0 saturated heterocycles. The van der Waals surface area contributed by atoms with Gasteiger partial charge in [-0.25, -0.2) is 9.79 Å². The maximum Gasteiger partial charge on any atom is 0.338 e. The number of carbonyl (C=O) groups is 1. The van der Waals surface area contributed by atoms with Gasteiger partial charge in [-0.3, -0.25) is 29.6 Å². The molecule has 0 N–H and O–H groups in total. The largest absolute Gasteiger partial charge is 0.494 e. The van der Waals surface area contributed by atoms with Crippen LogP contribution in [0.4, 0.5) is 11.4 Å². The van der Waals surface area contributed by atoms with Crippen molar-refractivity contribution in [2.24, 2.45) is 4.99 Å². The average Bonchev–Trinajstić information content (AvgIpc) is 3.31. The van der Waals surface area contributed by atoms with Crippen LogP contribution in [0.15, 0.2) is 87.8 Å². The van der Waals surface area contributed by atoms with E-state index in [1.54, 1.807) is 68.5 Å². The van der Waals surface area contributed by atoms with Crippen LogP contribution < -0.4 is 24.4 Å². The van der Waals surface area contributed by atoms with E-state index in [1.165, 1.54) is 4.57 Å². The molecule has 0 aliphatic carbocycles. The Morgan fingerprint density at radius 1 is 1.00 bits per heavy atom. The van der Waals surface area contributed by atoms with E-state index in [2.05, 4.69) is 4.99 Å². The number of hydrogen-bond donors (Lipinski definition) is 0. The highest BCUT2D eigenvalue weighted by Gasteiger charge is 2.33. The van der Waals surface area contributed by atoms with Crippen molar-refractivity contribution in [2.45, 2.75) is 26.8 Å². The maximum atomic E-state index is 13.9. The van der Waals surface area contributed by atoms with E-state index in [4.69, 9.17) is 14.2 Å². The van der Waals surface area contributed by atoms with Gasteiger partial charge < -0.3 is 14.2 Å². The molecule has 1 aliphatic rings. The molecule has 1 aromatic heterocycles. The van der Waals surface area contributed by atoms with Crippen LogP contribution in [0.5, 0.6) is 17.2 Å². The molecule has 0 saturated carbocycles. The molecule has 13 nitrogen and oxygen atoms in total. The number of benzene rings is 3. The lowest BCUT2D eigenvalue weighted by molar-refractivity contribution is -0.394. The van der Waals surface area contributed by atoms with Crippen LogP contribution >= 0.6 is 11.3 Å². The van der Waals surface area contributed by atoms with Gasteiger partial charge in [0, 0.05) is 6.07 Å². The normalized spacial score (nSPS) is 14.4. The Bertz CT molecular complexity index is 2030. The van der Waals surface area contributed by atoms with Crippen molar-refractivity contribution in [1.82, 2.24) is 4.57 Å². The van der Waals surface area contributed by atoms with Crippen LogP contribution in [0.3, 0.4) is 0 Å². The predicted octanol–water partition coefficient (Wildman–Crippen LogP) is 4.81. The van der Waals surface area contributed by atoms with Crippen molar-refractivity contribution < 1.29 is 28.9 Å². The highest BCUT2D eigenvalue weighted by atomic mass is 32.1. The second kappa shape index (κ2) is 12.9. The number of allylic oxidation sites excluding steroid dienone is 1. The number of hydrogen-bond acceptors (Lipinski definition) is 11. The zero-order valence-electron chi connectivity index (χ0n) is 24.3. The standard InChI is InChI=1S/C31H26N4O9S/c1-4-42-22-12-9-20(10-13-22)28-27(30(37)43-5-2)18(3)32-31-33(28)29(36)26(45-31)16-19-7-6-8-23(15-19)44-25-14-11-21(34(38)39)17-24(25)35(40)41/h6-17,28H,4-5H2,1-3H3/b26-16-/t28-/m0/s1. The summed E-state index contributed by atoms with van der Waals surface area (Å²) in [5.41, 5.74) is 0.502. The lowest BCUT2D eigenvalue weighted by Crippen LogP contribution is -2.39. The Morgan fingerprint density at radius 3 is 2.42 bits per heavy atom. The van der Waals surface area contributed by atoms with E-state index in [-0.39, 0.29) is 29.2 Å². The fourth-order valence-corrected chi connectivity index (χ4v) is 5.86. The second-order valence-electron chi connectivity index (χ2n) is 9.65. The number of nitrogens with zero attached hydrogens (tertiary/aromatic N) is 4. The van der Waals surface area contributed by atoms with E-state index in [0.717, 1.165) is 29.5 Å². The number of fused-ring (bicyclic) bond motifs is 1. The Balaban J connectivity index is 1.56. The Kier molecular flexibility index (Phi) is 8.86. The van der Waals surface area contributed by atoms with Crippen LogP contribution in [0.1, 0.15) is 37.9 Å². The van der Waals surface area contributed by atoms with E-state index >= 15 is 0 Å². The minimum Gasteiger partial charge on any atom is -0.494 e. The number of carbonyl (C=O) groups excluding carboxylic acids is 1. The Hall–Kier alpha value is -5.63. The first-order valence-electron chi connectivity index (χ1n) is 13.7. The van der Waals surface area contributed by atoms with Crippen molar-refractivity contribution in [3.05, 3.63) is 129 Å². The first-order valence-corrected chi connectivity index (χ1v) is 14.6. The molecule has 3 aromatic carbocycles. The zero-order chi connectivity index (χ0) is 32.2. The number of nitro benzene ring substituents is 2. The molecule has 0 bridgehead atoms.